The second-order valence-electron chi connectivity index (χ2n) is 4.26. The molecule has 0 amide bonds. The molecule has 0 aliphatic heterocycles. The summed E-state index contributed by atoms with van der Waals surface area (Å²) in [4.78, 5) is 4.00. The minimum atomic E-state index is -2.55. The Morgan fingerprint density at radius 1 is 1.53 bits per heavy atom. The van der Waals surface area contributed by atoms with Gasteiger partial charge in [-0.1, -0.05) is 0 Å². The second kappa shape index (κ2) is 3.27. The van der Waals surface area contributed by atoms with Crippen molar-refractivity contribution >= 4 is 0 Å². The van der Waals surface area contributed by atoms with E-state index >= 15 is 0 Å². The van der Waals surface area contributed by atoms with E-state index in [1.807, 2.05) is 11.5 Å². The topological polar surface area (TPSA) is 43.8 Å². The molecule has 84 valence electrons. The molecule has 0 bridgehead atoms. The fraction of sp³-hybridized carbons (Fsp3) is 0.700. The molecule has 15 heavy (non-hydrogen) atoms. The number of aromatic nitrogens is 2. The molecule has 1 aromatic rings. The van der Waals surface area contributed by atoms with Crippen molar-refractivity contribution in [3.05, 3.63) is 18.2 Å². The Morgan fingerprint density at radius 3 is 2.67 bits per heavy atom. The minimum Gasteiger partial charge on any atom is -0.334 e. The zero-order valence-corrected chi connectivity index (χ0v) is 8.71. The molecule has 0 atom stereocenters. The summed E-state index contributed by atoms with van der Waals surface area (Å²) in [5, 5.41) is 0. The van der Waals surface area contributed by atoms with Gasteiger partial charge >= 0.3 is 0 Å². The summed E-state index contributed by atoms with van der Waals surface area (Å²) >= 11 is 0. The molecule has 2 N–H and O–H groups in total. The monoisotopic (exact) mass is 215 g/mol. The number of hydrogen-bond acceptors (Lipinski definition) is 2. The van der Waals surface area contributed by atoms with Crippen LogP contribution in [0.4, 0.5) is 8.78 Å². The molecular formula is C10H15F2N3. The Kier molecular flexibility index (Phi) is 2.30. The quantitative estimate of drug-likeness (QED) is 0.831. The van der Waals surface area contributed by atoms with Crippen LogP contribution in [0, 0.1) is 0 Å². The third kappa shape index (κ3) is 1.55. The van der Waals surface area contributed by atoms with E-state index in [-0.39, 0.29) is 19.4 Å². The van der Waals surface area contributed by atoms with E-state index in [0.29, 0.717) is 0 Å². The van der Waals surface area contributed by atoms with Crippen molar-refractivity contribution in [2.24, 2.45) is 5.73 Å². The van der Waals surface area contributed by atoms with Gasteiger partial charge in [-0.15, -0.1) is 0 Å². The van der Waals surface area contributed by atoms with Crippen LogP contribution in [0.1, 0.15) is 25.5 Å². The third-order valence-electron chi connectivity index (χ3n) is 3.18. The summed E-state index contributed by atoms with van der Waals surface area (Å²) in [6, 6.07) is 0. The van der Waals surface area contributed by atoms with Gasteiger partial charge in [0.25, 0.3) is 0 Å². The van der Waals surface area contributed by atoms with Crippen molar-refractivity contribution in [2.45, 2.75) is 37.6 Å². The minimum absolute atomic E-state index is 0.151. The summed E-state index contributed by atoms with van der Waals surface area (Å²) in [5.74, 6) is -2.55. The average molecular weight is 215 g/mol. The normalized spacial score (nSPS) is 22.4. The fourth-order valence-corrected chi connectivity index (χ4v) is 2.38. The molecule has 1 aliphatic carbocycles. The van der Waals surface area contributed by atoms with Gasteiger partial charge in [0.05, 0.1) is 6.33 Å². The van der Waals surface area contributed by atoms with E-state index in [1.165, 1.54) is 0 Å². The van der Waals surface area contributed by atoms with Crippen LogP contribution < -0.4 is 5.73 Å². The van der Waals surface area contributed by atoms with Gasteiger partial charge in [0.2, 0.25) is 5.92 Å². The van der Waals surface area contributed by atoms with Crippen molar-refractivity contribution in [2.75, 3.05) is 6.54 Å². The number of imidazole rings is 1. The zero-order valence-electron chi connectivity index (χ0n) is 8.71. The molecule has 5 heteroatoms. The highest BCUT2D eigenvalue weighted by Gasteiger charge is 2.57. The molecule has 3 nitrogen and oxygen atoms in total. The Balaban J connectivity index is 2.29. The highest BCUT2D eigenvalue weighted by Crippen LogP contribution is 2.52. The maximum Gasteiger partial charge on any atom is 0.250 e. The first kappa shape index (κ1) is 10.5. The van der Waals surface area contributed by atoms with Gasteiger partial charge in [0, 0.05) is 43.2 Å². The van der Waals surface area contributed by atoms with Crippen LogP contribution in [0.3, 0.4) is 0 Å². The largest absolute Gasteiger partial charge is 0.334 e. The lowest BCUT2D eigenvalue weighted by Crippen LogP contribution is -2.54. The molecule has 0 unspecified atom stereocenters. The van der Waals surface area contributed by atoms with Gasteiger partial charge in [-0.25, -0.2) is 13.8 Å². The van der Waals surface area contributed by atoms with Crippen LogP contribution in [0.15, 0.2) is 12.5 Å². The number of hydrogen-bond donors (Lipinski definition) is 1. The molecule has 1 saturated carbocycles. The van der Waals surface area contributed by atoms with Gasteiger partial charge in [0.15, 0.2) is 0 Å². The molecule has 2 rings (SSSR count). The fourth-order valence-electron chi connectivity index (χ4n) is 2.38. The van der Waals surface area contributed by atoms with E-state index in [1.54, 1.807) is 12.5 Å². The number of nitrogens with two attached hydrogens (primary N) is 1. The molecule has 0 saturated heterocycles. The van der Waals surface area contributed by atoms with E-state index in [4.69, 9.17) is 5.73 Å². The van der Waals surface area contributed by atoms with E-state index < -0.39 is 11.3 Å². The summed E-state index contributed by atoms with van der Waals surface area (Å²) in [7, 11) is 0. The molecule has 1 aromatic heterocycles. The van der Waals surface area contributed by atoms with Crippen LogP contribution in [-0.4, -0.2) is 22.0 Å². The average Bonchev–Trinajstić information content (AvgIpc) is 2.61. The first-order valence-electron chi connectivity index (χ1n) is 5.11. The smallest absolute Gasteiger partial charge is 0.250 e. The summed E-state index contributed by atoms with van der Waals surface area (Å²) in [6.45, 7) is 2.96. The van der Waals surface area contributed by atoms with E-state index in [9.17, 15) is 8.78 Å². The van der Waals surface area contributed by atoms with Crippen LogP contribution >= 0.6 is 0 Å². The molecular weight excluding hydrogens is 200 g/mol. The number of nitrogens with zero attached hydrogens (tertiary/aromatic N) is 2. The number of halogens is 2. The highest BCUT2D eigenvalue weighted by atomic mass is 19.3. The lowest BCUT2D eigenvalue weighted by Gasteiger charge is -2.46. The Labute approximate surface area is 87.3 Å². The van der Waals surface area contributed by atoms with Crippen molar-refractivity contribution in [3.8, 4) is 0 Å². The van der Waals surface area contributed by atoms with Crippen LogP contribution in [0.5, 0.6) is 0 Å². The maximum atomic E-state index is 13.0. The molecule has 0 radical (unpaired) electrons. The maximum absolute atomic E-state index is 13.0. The predicted molar refractivity (Wildman–Crippen MR) is 52.8 cm³/mol. The van der Waals surface area contributed by atoms with Gasteiger partial charge in [0.1, 0.15) is 0 Å². The predicted octanol–water partition coefficient (Wildman–Crippen LogP) is 1.53. The van der Waals surface area contributed by atoms with Crippen LogP contribution in [-0.2, 0) is 12.0 Å². The second-order valence-corrected chi connectivity index (χ2v) is 4.26. The van der Waals surface area contributed by atoms with Crippen molar-refractivity contribution in [1.82, 2.24) is 9.55 Å². The molecule has 0 spiro atoms. The third-order valence-corrected chi connectivity index (χ3v) is 3.18. The summed E-state index contributed by atoms with van der Waals surface area (Å²) in [5.41, 5.74) is 5.92. The SMILES string of the molecule is CCn1cncc1C1(CN)CC(F)(F)C1. The summed E-state index contributed by atoms with van der Waals surface area (Å²) in [6.07, 6.45) is 3.03. The Morgan fingerprint density at radius 2 is 2.20 bits per heavy atom. The van der Waals surface area contributed by atoms with Crippen molar-refractivity contribution in [3.63, 3.8) is 0 Å². The number of alkyl halides is 2. The van der Waals surface area contributed by atoms with Gasteiger partial charge in [-0.3, -0.25) is 0 Å². The highest BCUT2D eigenvalue weighted by molar-refractivity contribution is 5.24. The lowest BCUT2D eigenvalue weighted by molar-refractivity contribution is -0.125. The van der Waals surface area contributed by atoms with Gasteiger partial charge in [-0.2, -0.15) is 0 Å². The van der Waals surface area contributed by atoms with Crippen molar-refractivity contribution < 1.29 is 8.78 Å². The number of aryl methyl sites for hydroxylation is 1. The van der Waals surface area contributed by atoms with Crippen LogP contribution in [0.2, 0.25) is 0 Å². The standard InChI is InChI=1S/C10H15F2N3/c1-2-15-7-14-3-8(15)9(6-13)4-10(11,12)5-9/h3,7H,2,4-6,13H2,1H3. The zero-order chi connectivity index (χ0) is 11.1. The van der Waals surface area contributed by atoms with Gasteiger partial charge < -0.3 is 10.3 Å². The first-order valence-corrected chi connectivity index (χ1v) is 5.11. The molecule has 1 aliphatic rings. The Bertz CT molecular complexity index is 351. The summed E-state index contributed by atoms with van der Waals surface area (Å²) < 4.78 is 27.8. The van der Waals surface area contributed by atoms with E-state index in [2.05, 4.69) is 4.98 Å². The molecule has 1 heterocycles. The van der Waals surface area contributed by atoms with Gasteiger partial charge in [-0.05, 0) is 6.92 Å². The number of rotatable bonds is 3. The van der Waals surface area contributed by atoms with Crippen molar-refractivity contribution in [1.29, 1.82) is 0 Å². The lowest BCUT2D eigenvalue weighted by atomic mass is 9.64. The first-order chi connectivity index (χ1) is 7.03. The van der Waals surface area contributed by atoms with E-state index in [0.717, 1.165) is 12.2 Å². The Hall–Kier alpha value is -0.970. The van der Waals surface area contributed by atoms with Crippen LogP contribution in [0.25, 0.3) is 0 Å². The molecule has 0 aromatic carbocycles. The molecule has 1 fully saturated rings.